The van der Waals surface area contributed by atoms with Gasteiger partial charge in [-0.1, -0.05) is 50.9 Å². The molecule has 21 heavy (non-hydrogen) atoms. The summed E-state index contributed by atoms with van der Waals surface area (Å²) in [6.07, 6.45) is 10.3. The molecule has 4 heteroatoms. The average Bonchev–Trinajstić information content (AvgIpc) is 2.52. The number of amides is 1. The molecule has 4 nitrogen and oxygen atoms in total. The number of hydrogen-bond donors (Lipinski definition) is 2. The molecule has 0 fully saturated rings. The highest BCUT2D eigenvalue weighted by atomic mass is 16.2. The van der Waals surface area contributed by atoms with Gasteiger partial charge in [0.25, 0.3) is 5.91 Å². The first-order valence-electron chi connectivity index (χ1n) is 7.61. The van der Waals surface area contributed by atoms with Crippen LogP contribution in [0.3, 0.4) is 0 Å². The lowest BCUT2D eigenvalue weighted by Gasteiger charge is -2.06. The SMILES string of the molecule is CCCCCCCCNC(=O)c1ccncc1C#CCO. The van der Waals surface area contributed by atoms with Gasteiger partial charge in [0.15, 0.2) is 0 Å². The first-order chi connectivity index (χ1) is 10.3. The number of rotatable bonds is 8. The molecule has 1 amide bonds. The molecule has 0 unspecified atom stereocenters. The van der Waals surface area contributed by atoms with Crippen LogP contribution < -0.4 is 5.32 Å². The Kier molecular flexibility index (Phi) is 8.90. The molecular weight excluding hydrogens is 264 g/mol. The van der Waals surface area contributed by atoms with Gasteiger partial charge in [0.2, 0.25) is 0 Å². The third kappa shape index (κ3) is 6.92. The van der Waals surface area contributed by atoms with Crippen LogP contribution in [0.1, 0.15) is 61.4 Å². The minimum Gasteiger partial charge on any atom is -0.384 e. The lowest BCUT2D eigenvalue weighted by molar-refractivity contribution is 0.0952. The van der Waals surface area contributed by atoms with E-state index in [2.05, 4.69) is 29.1 Å². The molecule has 0 aliphatic heterocycles. The number of aliphatic hydroxyl groups excluding tert-OH is 1. The summed E-state index contributed by atoms with van der Waals surface area (Å²) >= 11 is 0. The van der Waals surface area contributed by atoms with Crippen molar-refractivity contribution in [3.8, 4) is 11.8 Å². The van der Waals surface area contributed by atoms with Gasteiger partial charge in [-0.05, 0) is 12.5 Å². The maximum atomic E-state index is 12.1. The molecule has 0 saturated carbocycles. The van der Waals surface area contributed by atoms with Crippen LogP contribution in [0.15, 0.2) is 18.5 Å². The van der Waals surface area contributed by atoms with E-state index in [1.807, 2.05) is 0 Å². The van der Waals surface area contributed by atoms with Crippen LogP contribution in [0, 0.1) is 11.8 Å². The number of carbonyl (C=O) groups is 1. The molecule has 0 radical (unpaired) electrons. The molecule has 0 aliphatic rings. The van der Waals surface area contributed by atoms with Crippen LogP contribution in [-0.2, 0) is 0 Å². The molecule has 1 heterocycles. The number of hydrogen-bond acceptors (Lipinski definition) is 3. The Morgan fingerprint density at radius 2 is 2.05 bits per heavy atom. The summed E-state index contributed by atoms with van der Waals surface area (Å²) < 4.78 is 0. The van der Waals surface area contributed by atoms with Gasteiger partial charge in [-0.15, -0.1) is 0 Å². The highest BCUT2D eigenvalue weighted by Crippen LogP contribution is 2.06. The second-order valence-corrected chi connectivity index (χ2v) is 4.90. The summed E-state index contributed by atoms with van der Waals surface area (Å²) in [6.45, 7) is 2.65. The van der Waals surface area contributed by atoms with Crippen molar-refractivity contribution in [1.29, 1.82) is 0 Å². The molecule has 114 valence electrons. The fourth-order valence-corrected chi connectivity index (χ4v) is 2.03. The smallest absolute Gasteiger partial charge is 0.252 e. The zero-order chi connectivity index (χ0) is 15.3. The normalized spacial score (nSPS) is 9.81. The minimum absolute atomic E-state index is 0.131. The third-order valence-electron chi connectivity index (χ3n) is 3.18. The molecule has 1 aromatic rings. The summed E-state index contributed by atoms with van der Waals surface area (Å²) in [4.78, 5) is 16.0. The number of aromatic nitrogens is 1. The topological polar surface area (TPSA) is 62.2 Å². The summed E-state index contributed by atoms with van der Waals surface area (Å²) in [5.41, 5.74) is 1.06. The Balaban J connectivity index is 2.38. The van der Waals surface area contributed by atoms with Crippen molar-refractivity contribution >= 4 is 5.91 Å². The molecule has 0 spiro atoms. The highest BCUT2D eigenvalue weighted by Gasteiger charge is 2.09. The van der Waals surface area contributed by atoms with E-state index in [9.17, 15) is 4.79 Å². The highest BCUT2D eigenvalue weighted by molar-refractivity contribution is 5.96. The molecule has 0 atom stereocenters. The van der Waals surface area contributed by atoms with Crippen molar-refractivity contribution in [3.63, 3.8) is 0 Å². The van der Waals surface area contributed by atoms with Crippen LogP contribution in [0.2, 0.25) is 0 Å². The number of aliphatic hydroxyl groups is 1. The Labute approximate surface area is 127 Å². The zero-order valence-corrected chi connectivity index (χ0v) is 12.7. The second kappa shape index (κ2) is 10.9. The molecule has 1 rings (SSSR count). The summed E-state index contributed by atoms with van der Waals surface area (Å²) in [5.74, 6) is 5.16. The predicted octanol–water partition coefficient (Wildman–Crippen LogP) is 2.52. The van der Waals surface area contributed by atoms with E-state index >= 15 is 0 Å². The van der Waals surface area contributed by atoms with E-state index in [1.54, 1.807) is 18.5 Å². The molecule has 0 aromatic carbocycles. The molecular formula is C17H24N2O2. The summed E-state index contributed by atoms with van der Waals surface area (Å²) in [6, 6.07) is 1.65. The van der Waals surface area contributed by atoms with Gasteiger partial charge in [-0.2, -0.15) is 0 Å². The Morgan fingerprint density at radius 3 is 2.81 bits per heavy atom. The van der Waals surface area contributed by atoms with Crippen molar-refractivity contribution < 1.29 is 9.90 Å². The van der Waals surface area contributed by atoms with Gasteiger partial charge in [0.05, 0.1) is 11.1 Å². The van der Waals surface area contributed by atoms with Crippen LogP contribution in [0.25, 0.3) is 0 Å². The molecule has 0 aliphatic carbocycles. The number of pyridine rings is 1. The van der Waals surface area contributed by atoms with Crippen molar-refractivity contribution in [2.75, 3.05) is 13.2 Å². The van der Waals surface area contributed by atoms with Crippen LogP contribution in [-0.4, -0.2) is 29.1 Å². The van der Waals surface area contributed by atoms with Gasteiger partial charge in [-0.3, -0.25) is 9.78 Å². The van der Waals surface area contributed by atoms with E-state index in [1.165, 1.54) is 25.7 Å². The minimum atomic E-state index is -0.228. The Bertz CT molecular complexity index is 489. The fraction of sp³-hybridized carbons (Fsp3) is 0.529. The average molecular weight is 288 g/mol. The maximum Gasteiger partial charge on any atom is 0.252 e. The van der Waals surface area contributed by atoms with Gasteiger partial charge < -0.3 is 10.4 Å². The number of nitrogens with one attached hydrogen (secondary N) is 1. The summed E-state index contributed by atoms with van der Waals surface area (Å²) in [5, 5.41) is 11.6. The first-order valence-corrected chi connectivity index (χ1v) is 7.61. The van der Waals surface area contributed by atoms with Crippen LogP contribution in [0.5, 0.6) is 0 Å². The van der Waals surface area contributed by atoms with Crippen molar-refractivity contribution in [1.82, 2.24) is 10.3 Å². The fourth-order valence-electron chi connectivity index (χ4n) is 2.03. The quantitative estimate of drug-likeness (QED) is 0.571. The van der Waals surface area contributed by atoms with E-state index in [0.717, 1.165) is 12.8 Å². The standard InChI is InChI=1S/C17H24N2O2/c1-2-3-4-5-6-7-11-19-17(21)16-10-12-18-14-15(16)9-8-13-20/h10,12,14,20H,2-7,11,13H2,1H3,(H,19,21). The Morgan fingerprint density at radius 1 is 1.29 bits per heavy atom. The van der Waals surface area contributed by atoms with Crippen molar-refractivity contribution in [3.05, 3.63) is 29.6 Å². The lowest BCUT2D eigenvalue weighted by Crippen LogP contribution is -2.25. The van der Waals surface area contributed by atoms with Gasteiger partial charge in [0.1, 0.15) is 6.61 Å². The predicted molar refractivity (Wildman–Crippen MR) is 83.9 cm³/mol. The van der Waals surface area contributed by atoms with E-state index in [4.69, 9.17) is 5.11 Å². The lowest BCUT2D eigenvalue weighted by atomic mass is 10.1. The third-order valence-corrected chi connectivity index (χ3v) is 3.18. The van der Waals surface area contributed by atoms with E-state index in [-0.39, 0.29) is 12.5 Å². The summed E-state index contributed by atoms with van der Waals surface area (Å²) in [7, 11) is 0. The molecule has 1 aromatic heterocycles. The van der Waals surface area contributed by atoms with E-state index in [0.29, 0.717) is 17.7 Å². The monoisotopic (exact) mass is 288 g/mol. The van der Waals surface area contributed by atoms with Crippen molar-refractivity contribution in [2.24, 2.45) is 0 Å². The van der Waals surface area contributed by atoms with Gasteiger partial charge in [-0.25, -0.2) is 0 Å². The molecule has 0 bridgehead atoms. The van der Waals surface area contributed by atoms with Gasteiger partial charge >= 0.3 is 0 Å². The largest absolute Gasteiger partial charge is 0.384 e. The molecule has 0 saturated heterocycles. The first kappa shape index (κ1) is 17.2. The Hall–Kier alpha value is -1.86. The number of nitrogens with zero attached hydrogens (tertiary/aromatic N) is 1. The van der Waals surface area contributed by atoms with Crippen LogP contribution in [0.4, 0.5) is 0 Å². The molecule has 2 N–H and O–H groups in total. The second-order valence-electron chi connectivity index (χ2n) is 4.90. The van der Waals surface area contributed by atoms with E-state index < -0.39 is 0 Å². The van der Waals surface area contributed by atoms with Crippen LogP contribution >= 0.6 is 0 Å². The number of unbranched alkanes of at least 4 members (excludes halogenated alkanes) is 5. The van der Waals surface area contributed by atoms with Gasteiger partial charge in [0, 0.05) is 18.9 Å². The zero-order valence-electron chi connectivity index (χ0n) is 12.7. The van der Waals surface area contributed by atoms with Crippen molar-refractivity contribution in [2.45, 2.75) is 45.4 Å². The number of carbonyl (C=O) groups excluding carboxylic acids is 1. The maximum absolute atomic E-state index is 12.1.